The van der Waals surface area contributed by atoms with Crippen molar-refractivity contribution in [3.8, 4) is 0 Å². The lowest BCUT2D eigenvalue weighted by Crippen LogP contribution is -2.55. The molecule has 0 saturated carbocycles. The number of rotatable bonds is 4. The molecular formula is C17H18F3NO5. The maximum absolute atomic E-state index is 12.8. The van der Waals surface area contributed by atoms with Crippen molar-refractivity contribution in [3.05, 3.63) is 35.9 Å². The third-order valence-corrected chi connectivity index (χ3v) is 4.14. The van der Waals surface area contributed by atoms with Gasteiger partial charge in [0.25, 0.3) is 5.78 Å². The lowest BCUT2D eigenvalue weighted by Gasteiger charge is -2.37. The summed E-state index contributed by atoms with van der Waals surface area (Å²) in [5, 5.41) is 0. The SMILES string of the molecule is COC(=O)C1CCC(C(=O)C(F)(F)F)N(C(=O)OCc2ccccc2)C1. The van der Waals surface area contributed by atoms with Gasteiger partial charge in [0.2, 0.25) is 0 Å². The molecule has 0 spiro atoms. The van der Waals surface area contributed by atoms with Crippen LogP contribution in [0.4, 0.5) is 18.0 Å². The van der Waals surface area contributed by atoms with Crippen LogP contribution in [0, 0.1) is 5.92 Å². The summed E-state index contributed by atoms with van der Waals surface area (Å²) < 4.78 is 48.1. The van der Waals surface area contributed by atoms with E-state index in [1.165, 1.54) is 0 Å². The van der Waals surface area contributed by atoms with Crippen LogP contribution in [0.25, 0.3) is 0 Å². The monoisotopic (exact) mass is 373 g/mol. The molecule has 1 aromatic rings. The Balaban J connectivity index is 2.14. The molecule has 9 heteroatoms. The highest BCUT2D eigenvalue weighted by molar-refractivity contribution is 5.92. The molecular weight excluding hydrogens is 355 g/mol. The fourth-order valence-corrected chi connectivity index (χ4v) is 2.80. The first kappa shape index (κ1) is 19.7. The maximum atomic E-state index is 12.8. The van der Waals surface area contributed by atoms with E-state index >= 15 is 0 Å². The maximum Gasteiger partial charge on any atom is 0.452 e. The summed E-state index contributed by atoms with van der Waals surface area (Å²) in [4.78, 5) is 36.3. The van der Waals surface area contributed by atoms with Crippen molar-refractivity contribution in [2.24, 2.45) is 5.92 Å². The van der Waals surface area contributed by atoms with Crippen LogP contribution in [0.3, 0.4) is 0 Å². The van der Waals surface area contributed by atoms with Gasteiger partial charge in [-0.25, -0.2) is 4.79 Å². The Morgan fingerprint density at radius 2 is 1.81 bits per heavy atom. The van der Waals surface area contributed by atoms with Gasteiger partial charge in [-0.05, 0) is 18.4 Å². The number of amides is 1. The number of ether oxygens (including phenoxy) is 2. The number of piperidine rings is 1. The lowest BCUT2D eigenvalue weighted by atomic mass is 9.91. The van der Waals surface area contributed by atoms with E-state index in [9.17, 15) is 27.6 Å². The molecule has 1 amide bonds. The zero-order valence-electron chi connectivity index (χ0n) is 14.0. The van der Waals surface area contributed by atoms with E-state index in [1.54, 1.807) is 30.3 Å². The topological polar surface area (TPSA) is 72.9 Å². The summed E-state index contributed by atoms with van der Waals surface area (Å²) in [6, 6.07) is 6.84. The number of halogens is 3. The quantitative estimate of drug-likeness (QED) is 0.759. The second kappa shape index (κ2) is 8.20. The Bertz CT molecular complexity index is 662. The minimum atomic E-state index is -5.08. The molecule has 1 aromatic carbocycles. The summed E-state index contributed by atoms with van der Waals surface area (Å²) >= 11 is 0. The molecule has 1 aliphatic rings. The molecule has 26 heavy (non-hydrogen) atoms. The van der Waals surface area contributed by atoms with Gasteiger partial charge >= 0.3 is 18.2 Å². The number of benzene rings is 1. The molecule has 0 aromatic heterocycles. The van der Waals surface area contributed by atoms with Crippen LogP contribution in [0.5, 0.6) is 0 Å². The van der Waals surface area contributed by atoms with Crippen molar-refractivity contribution in [1.29, 1.82) is 0 Å². The average Bonchev–Trinajstić information content (AvgIpc) is 2.64. The normalized spacial score (nSPS) is 20.4. The molecule has 0 bridgehead atoms. The van der Waals surface area contributed by atoms with E-state index < -0.39 is 36.0 Å². The van der Waals surface area contributed by atoms with Gasteiger partial charge in [0.05, 0.1) is 13.0 Å². The molecule has 2 unspecified atom stereocenters. The van der Waals surface area contributed by atoms with Gasteiger partial charge in [-0.1, -0.05) is 30.3 Å². The number of esters is 1. The smallest absolute Gasteiger partial charge is 0.452 e. The van der Waals surface area contributed by atoms with Crippen LogP contribution in [-0.2, 0) is 25.7 Å². The van der Waals surface area contributed by atoms with E-state index in [0.29, 0.717) is 10.5 Å². The second-order valence-corrected chi connectivity index (χ2v) is 5.87. The molecule has 1 fully saturated rings. The van der Waals surface area contributed by atoms with E-state index in [4.69, 9.17) is 4.74 Å². The summed E-state index contributed by atoms with van der Waals surface area (Å²) in [6.07, 6.45) is -6.44. The highest BCUT2D eigenvalue weighted by Gasteiger charge is 2.49. The van der Waals surface area contributed by atoms with Gasteiger partial charge in [-0.2, -0.15) is 13.2 Å². The average molecular weight is 373 g/mol. The number of nitrogens with zero attached hydrogens (tertiary/aromatic N) is 1. The number of ketones is 1. The second-order valence-electron chi connectivity index (χ2n) is 5.87. The Labute approximate surface area is 147 Å². The number of hydrogen-bond acceptors (Lipinski definition) is 5. The predicted octanol–water partition coefficient (Wildman–Crippen LogP) is 2.71. The van der Waals surface area contributed by atoms with E-state index in [1.807, 2.05) is 0 Å². The molecule has 2 rings (SSSR count). The van der Waals surface area contributed by atoms with Gasteiger partial charge in [-0.15, -0.1) is 0 Å². The summed E-state index contributed by atoms with van der Waals surface area (Å²) in [5.41, 5.74) is 0.640. The van der Waals surface area contributed by atoms with Gasteiger partial charge in [0, 0.05) is 6.54 Å². The van der Waals surface area contributed by atoms with Crippen LogP contribution in [0.15, 0.2) is 30.3 Å². The lowest BCUT2D eigenvalue weighted by molar-refractivity contribution is -0.178. The van der Waals surface area contributed by atoms with Crippen molar-refractivity contribution >= 4 is 17.8 Å². The van der Waals surface area contributed by atoms with Crippen LogP contribution >= 0.6 is 0 Å². The molecule has 2 atom stereocenters. The Morgan fingerprint density at radius 3 is 2.38 bits per heavy atom. The molecule has 6 nitrogen and oxygen atoms in total. The first-order chi connectivity index (χ1) is 12.2. The van der Waals surface area contributed by atoms with Crippen molar-refractivity contribution < 1.29 is 37.0 Å². The Kier molecular flexibility index (Phi) is 6.23. The van der Waals surface area contributed by atoms with Gasteiger partial charge in [0.15, 0.2) is 0 Å². The molecule has 0 aliphatic carbocycles. The predicted molar refractivity (Wildman–Crippen MR) is 82.9 cm³/mol. The molecule has 0 radical (unpaired) electrons. The van der Waals surface area contributed by atoms with Gasteiger partial charge in [-0.3, -0.25) is 14.5 Å². The third kappa shape index (κ3) is 4.74. The summed E-state index contributed by atoms with van der Waals surface area (Å²) in [5.74, 6) is -3.48. The van der Waals surface area contributed by atoms with Crippen molar-refractivity contribution in [2.75, 3.05) is 13.7 Å². The number of methoxy groups -OCH3 is 1. The Hall–Kier alpha value is -2.58. The van der Waals surface area contributed by atoms with Crippen LogP contribution in [0.1, 0.15) is 18.4 Å². The first-order valence-corrected chi connectivity index (χ1v) is 7.90. The van der Waals surface area contributed by atoms with Crippen LogP contribution in [0.2, 0.25) is 0 Å². The Morgan fingerprint density at radius 1 is 1.15 bits per heavy atom. The fourth-order valence-electron chi connectivity index (χ4n) is 2.80. The zero-order chi connectivity index (χ0) is 19.3. The highest BCUT2D eigenvalue weighted by atomic mass is 19.4. The van der Waals surface area contributed by atoms with Gasteiger partial charge < -0.3 is 9.47 Å². The van der Waals surface area contributed by atoms with Gasteiger partial charge in [0.1, 0.15) is 12.6 Å². The standard InChI is InChI=1S/C17H18F3NO5/c1-25-15(23)12-7-8-13(14(22)17(18,19)20)21(9-12)16(24)26-10-11-5-3-2-4-6-11/h2-6,12-13H,7-10H2,1H3. The molecule has 1 aliphatic heterocycles. The zero-order valence-corrected chi connectivity index (χ0v) is 14.0. The third-order valence-electron chi connectivity index (χ3n) is 4.14. The summed E-state index contributed by atoms with van der Waals surface area (Å²) in [6.45, 7) is -0.529. The number of carbonyl (C=O) groups is 3. The number of likely N-dealkylation sites (tertiary alicyclic amines) is 1. The summed E-state index contributed by atoms with van der Waals surface area (Å²) in [7, 11) is 1.15. The van der Waals surface area contributed by atoms with E-state index in [0.717, 1.165) is 7.11 Å². The number of alkyl halides is 3. The minimum absolute atomic E-state index is 0.0155. The minimum Gasteiger partial charge on any atom is -0.469 e. The first-order valence-electron chi connectivity index (χ1n) is 7.90. The molecule has 1 heterocycles. The van der Waals surface area contributed by atoms with Crippen LogP contribution in [-0.4, -0.2) is 48.6 Å². The largest absolute Gasteiger partial charge is 0.469 e. The fraction of sp³-hybridized carbons (Fsp3) is 0.471. The van der Waals surface area contributed by atoms with Crippen molar-refractivity contribution in [2.45, 2.75) is 31.7 Å². The molecule has 0 N–H and O–H groups in total. The molecule has 142 valence electrons. The number of carbonyl (C=O) groups excluding carboxylic acids is 3. The number of hydrogen-bond donors (Lipinski definition) is 0. The molecule has 1 saturated heterocycles. The van der Waals surface area contributed by atoms with E-state index in [2.05, 4.69) is 4.74 Å². The van der Waals surface area contributed by atoms with E-state index in [-0.39, 0.29) is 26.0 Å². The number of Topliss-reactive ketones (excluding diaryl/α,β-unsaturated/α-hetero) is 1. The highest BCUT2D eigenvalue weighted by Crippen LogP contribution is 2.29. The van der Waals surface area contributed by atoms with Crippen molar-refractivity contribution in [3.63, 3.8) is 0 Å². The van der Waals surface area contributed by atoms with Crippen molar-refractivity contribution in [1.82, 2.24) is 4.90 Å². The van der Waals surface area contributed by atoms with Crippen LogP contribution < -0.4 is 0 Å².